The maximum atomic E-state index is 12.7. The number of halogens is 1. The zero-order valence-electron chi connectivity index (χ0n) is 11.5. The summed E-state index contributed by atoms with van der Waals surface area (Å²) in [6.07, 6.45) is 1.24. The molecule has 4 heteroatoms. The van der Waals surface area contributed by atoms with Crippen LogP contribution in [0.2, 0.25) is 0 Å². The fraction of sp³-hybridized carbons (Fsp3) is 0.235. The second-order valence-corrected chi connectivity index (χ2v) is 5.42. The van der Waals surface area contributed by atoms with E-state index in [4.69, 9.17) is 16.3 Å². The Hall–Kier alpha value is -2.00. The van der Waals surface area contributed by atoms with Crippen LogP contribution in [-0.4, -0.2) is 11.8 Å². The number of hydrogen-bond donors (Lipinski definition) is 1. The van der Waals surface area contributed by atoms with Gasteiger partial charge in [-0.25, -0.2) is 0 Å². The number of hydrogen-bond acceptors (Lipinski definition) is 2. The number of para-hydroxylation sites is 2. The number of ether oxygens (including phenoxy) is 1. The summed E-state index contributed by atoms with van der Waals surface area (Å²) in [6, 6.07) is 17.1. The number of fused-ring (bicyclic) bond motifs is 1. The lowest BCUT2D eigenvalue weighted by Gasteiger charge is -2.37. The molecule has 0 aliphatic carbocycles. The maximum absolute atomic E-state index is 12.7. The minimum Gasteiger partial charge on any atom is -0.470 e. The van der Waals surface area contributed by atoms with Crippen LogP contribution in [0.25, 0.3) is 0 Å². The van der Waals surface area contributed by atoms with Crippen LogP contribution in [0, 0.1) is 0 Å². The normalized spacial score (nSPS) is 20.3. The number of rotatable bonds is 4. The minimum atomic E-state index is -1.01. The Bertz CT molecular complexity index is 644. The summed E-state index contributed by atoms with van der Waals surface area (Å²) in [6.45, 7) is 0. The molecule has 1 atom stereocenters. The zero-order valence-corrected chi connectivity index (χ0v) is 12.3. The molecule has 1 aliphatic heterocycles. The molecule has 0 bridgehead atoms. The highest BCUT2D eigenvalue weighted by Gasteiger charge is 2.45. The fourth-order valence-corrected chi connectivity index (χ4v) is 2.77. The molecule has 1 aliphatic rings. The Morgan fingerprint density at radius 3 is 2.52 bits per heavy atom. The van der Waals surface area contributed by atoms with Gasteiger partial charge in [0.05, 0.1) is 5.69 Å². The van der Waals surface area contributed by atoms with Crippen molar-refractivity contribution in [3.8, 4) is 5.75 Å². The number of carbonyl (C=O) groups is 1. The van der Waals surface area contributed by atoms with Crippen molar-refractivity contribution in [2.75, 3.05) is 11.2 Å². The predicted molar refractivity (Wildman–Crippen MR) is 83.8 cm³/mol. The van der Waals surface area contributed by atoms with Gasteiger partial charge in [0.15, 0.2) is 0 Å². The molecule has 3 nitrogen and oxygen atoms in total. The van der Waals surface area contributed by atoms with Crippen LogP contribution in [-0.2, 0) is 10.4 Å². The molecule has 0 aromatic heterocycles. The molecule has 0 fully saturated rings. The van der Waals surface area contributed by atoms with E-state index in [9.17, 15) is 4.79 Å². The molecule has 21 heavy (non-hydrogen) atoms. The topological polar surface area (TPSA) is 38.3 Å². The standard InChI is InChI=1S/C17H16ClNO2/c18-12-6-11-17(13-7-2-1-3-8-13)16(20)19-14-9-4-5-10-15(14)21-17/h1-5,7-10H,6,11-12H2,(H,19,20). The van der Waals surface area contributed by atoms with Crippen LogP contribution in [0.4, 0.5) is 5.69 Å². The Kier molecular flexibility index (Phi) is 3.84. The highest BCUT2D eigenvalue weighted by molar-refractivity contribution is 6.17. The van der Waals surface area contributed by atoms with Crippen LogP contribution in [0.5, 0.6) is 5.75 Å². The van der Waals surface area contributed by atoms with Crippen LogP contribution in [0.1, 0.15) is 18.4 Å². The van der Waals surface area contributed by atoms with Crippen molar-refractivity contribution < 1.29 is 9.53 Å². The third-order valence-corrected chi connectivity index (χ3v) is 3.96. The van der Waals surface area contributed by atoms with E-state index < -0.39 is 5.60 Å². The summed E-state index contributed by atoms with van der Waals surface area (Å²) in [5.74, 6) is 1.04. The number of alkyl halides is 1. The summed E-state index contributed by atoms with van der Waals surface area (Å²) >= 11 is 5.83. The lowest BCUT2D eigenvalue weighted by molar-refractivity contribution is -0.134. The fourth-order valence-electron chi connectivity index (χ4n) is 2.64. The summed E-state index contributed by atoms with van der Waals surface area (Å²) in [5.41, 5.74) is 0.548. The zero-order chi connectivity index (χ0) is 14.7. The Morgan fingerprint density at radius 2 is 1.76 bits per heavy atom. The Balaban J connectivity index is 2.06. The van der Waals surface area contributed by atoms with Gasteiger partial charge in [-0.05, 0) is 18.6 Å². The van der Waals surface area contributed by atoms with Crippen molar-refractivity contribution >= 4 is 23.2 Å². The summed E-state index contributed by atoms with van der Waals surface area (Å²) in [7, 11) is 0. The Morgan fingerprint density at radius 1 is 1.05 bits per heavy atom. The van der Waals surface area contributed by atoms with Gasteiger partial charge in [0.2, 0.25) is 5.60 Å². The van der Waals surface area contributed by atoms with Gasteiger partial charge in [0.25, 0.3) is 5.91 Å². The van der Waals surface area contributed by atoms with Crippen LogP contribution in [0.15, 0.2) is 54.6 Å². The third kappa shape index (κ3) is 2.49. The molecule has 1 amide bonds. The van der Waals surface area contributed by atoms with E-state index in [0.717, 1.165) is 5.56 Å². The van der Waals surface area contributed by atoms with E-state index in [1.54, 1.807) is 0 Å². The van der Waals surface area contributed by atoms with Crippen LogP contribution in [0.3, 0.4) is 0 Å². The second-order valence-electron chi connectivity index (χ2n) is 5.04. The van der Waals surface area contributed by atoms with E-state index >= 15 is 0 Å². The van der Waals surface area contributed by atoms with E-state index in [-0.39, 0.29) is 5.91 Å². The molecule has 2 aromatic rings. The molecule has 1 N–H and O–H groups in total. The molecule has 0 saturated heterocycles. The van der Waals surface area contributed by atoms with E-state index in [1.165, 1.54) is 0 Å². The minimum absolute atomic E-state index is 0.141. The largest absolute Gasteiger partial charge is 0.470 e. The average Bonchev–Trinajstić information content (AvgIpc) is 2.54. The number of anilines is 1. The van der Waals surface area contributed by atoms with Gasteiger partial charge in [0.1, 0.15) is 5.75 Å². The molecule has 2 aromatic carbocycles. The monoisotopic (exact) mass is 301 g/mol. The molecule has 0 radical (unpaired) electrons. The van der Waals surface area contributed by atoms with Gasteiger partial charge in [-0.15, -0.1) is 11.6 Å². The lowest BCUT2D eigenvalue weighted by atomic mass is 9.86. The molecule has 108 valence electrons. The van der Waals surface area contributed by atoms with Gasteiger partial charge in [-0.3, -0.25) is 4.79 Å². The first-order valence-corrected chi connectivity index (χ1v) is 7.51. The van der Waals surface area contributed by atoms with Crippen LogP contribution >= 0.6 is 11.6 Å². The molecular formula is C17H16ClNO2. The predicted octanol–water partition coefficient (Wildman–Crippen LogP) is 3.93. The number of carbonyl (C=O) groups excluding carboxylic acids is 1. The maximum Gasteiger partial charge on any atom is 0.273 e. The molecule has 1 unspecified atom stereocenters. The summed E-state index contributed by atoms with van der Waals surface area (Å²) < 4.78 is 6.15. The third-order valence-electron chi connectivity index (χ3n) is 3.69. The number of nitrogens with one attached hydrogen (secondary N) is 1. The lowest BCUT2D eigenvalue weighted by Crippen LogP contribution is -2.48. The molecule has 0 saturated carbocycles. The van der Waals surface area contributed by atoms with Gasteiger partial charge in [-0.1, -0.05) is 42.5 Å². The first-order chi connectivity index (χ1) is 10.3. The van der Waals surface area contributed by atoms with Crippen molar-refractivity contribution in [1.29, 1.82) is 0 Å². The van der Waals surface area contributed by atoms with Gasteiger partial charge < -0.3 is 10.1 Å². The SMILES string of the molecule is O=C1Nc2ccccc2OC1(CCCCl)c1ccccc1. The number of benzene rings is 2. The highest BCUT2D eigenvalue weighted by Crippen LogP contribution is 2.41. The van der Waals surface area contributed by atoms with Crippen molar-refractivity contribution in [2.24, 2.45) is 0 Å². The van der Waals surface area contributed by atoms with Crippen molar-refractivity contribution in [3.63, 3.8) is 0 Å². The van der Waals surface area contributed by atoms with Gasteiger partial charge in [-0.2, -0.15) is 0 Å². The Labute approximate surface area is 128 Å². The van der Waals surface area contributed by atoms with Crippen LogP contribution < -0.4 is 10.1 Å². The number of amides is 1. The van der Waals surface area contributed by atoms with E-state index in [1.807, 2.05) is 54.6 Å². The molecular weight excluding hydrogens is 286 g/mol. The summed E-state index contributed by atoms with van der Waals surface area (Å²) in [5, 5.41) is 2.95. The van der Waals surface area contributed by atoms with Gasteiger partial charge in [0, 0.05) is 17.9 Å². The molecule has 1 heterocycles. The average molecular weight is 302 g/mol. The van der Waals surface area contributed by atoms with Gasteiger partial charge >= 0.3 is 0 Å². The van der Waals surface area contributed by atoms with E-state index in [0.29, 0.717) is 30.2 Å². The van der Waals surface area contributed by atoms with Crippen molar-refractivity contribution in [1.82, 2.24) is 0 Å². The first-order valence-electron chi connectivity index (χ1n) is 6.97. The highest BCUT2D eigenvalue weighted by atomic mass is 35.5. The quantitative estimate of drug-likeness (QED) is 0.869. The van der Waals surface area contributed by atoms with Crippen molar-refractivity contribution in [2.45, 2.75) is 18.4 Å². The molecule has 0 spiro atoms. The summed E-state index contributed by atoms with van der Waals surface area (Å²) in [4.78, 5) is 12.7. The van der Waals surface area contributed by atoms with Crippen molar-refractivity contribution in [3.05, 3.63) is 60.2 Å². The van der Waals surface area contributed by atoms with E-state index in [2.05, 4.69) is 5.32 Å². The molecule has 3 rings (SSSR count). The second kappa shape index (κ2) is 5.78. The smallest absolute Gasteiger partial charge is 0.273 e. The first kappa shape index (κ1) is 14.0.